The van der Waals surface area contributed by atoms with E-state index >= 15 is 0 Å². The third-order valence-corrected chi connectivity index (χ3v) is 4.71. The fraction of sp³-hybridized carbons (Fsp3) is 0.0833. The number of H-pyrrole nitrogens is 1. The first-order valence-corrected chi connectivity index (χ1v) is 7.40. The zero-order valence-corrected chi connectivity index (χ0v) is 12.5. The molecule has 6 nitrogen and oxygen atoms in total. The fourth-order valence-electron chi connectivity index (χ4n) is 1.81. The summed E-state index contributed by atoms with van der Waals surface area (Å²) < 4.78 is 1.06. The average Bonchev–Trinajstić information content (AvgIpc) is 3.00. The third-order valence-electron chi connectivity index (χ3n) is 2.78. The molecule has 3 aromatic rings. The van der Waals surface area contributed by atoms with Gasteiger partial charge in [-0.15, -0.1) is 11.3 Å². The second kappa shape index (κ2) is 5.22. The molecule has 0 saturated heterocycles. The van der Waals surface area contributed by atoms with E-state index in [1.54, 1.807) is 17.4 Å². The Morgan fingerprint density at radius 1 is 1.45 bits per heavy atom. The summed E-state index contributed by atoms with van der Waals surface area (Å²) in [5.74, 6) is 0.598. The summed E-state index contributed by atoms with van der Waals surface area (Å²) in [5, 5.41) is 15.9. The first-order valence-electron chi connectivity index (χ1n) is 5.73. The number of fused-ring (bicyclic) bond motifs is 1. The summed E-state index contributed by atoms with van der Waals surface area (Å²) in [6.45, 7) is 0.639. The highest BCUT2D eigenvalue weighted by atomic mass is 79.9. The maximum Gasteiger partial charge on any atom is 0.271 e. The zero-order chi connectivity index (χ0) is 14.1. The zero-order valence-electron chi connectivity index (χ0n) is 10.1. The van der Waals surface area contributed by atoms with Gasteiger partial charge in [0.25, 0.3) is 5.69 Å². The highest BCUT2D eigenvalue weighted by molar-refractivity contribution is 9.10. The van der Waals surface area contributed by atoms with Gasteiger partial charge in [-0.05, 0) is 33.4 Å². The summed E-state index contributed by atoms with van der Waals surface area (Å²) in [6, 6.07) is 6.55. The van der Waals surface area contributed by atoms with Crippen LogP contribution in [-0.4, -0.2) is 14.9 Å². The van der Waals surface area contributed by atoms with Gasteiger partial charge in [-0.2, -0.15) is 0 Å². The quantitative estimate of drug-likeness (QED) is 0.550. The minimum Gasteiger partial charge on any atom is -0.351 e. The Morgan fingerprint density at radius 2 is 2.30 bits per heavy atom. The summed E-state index contributed by atoms with van der Waals surface area (Å²) in [7, 11) is 0. The van der Waals surface area contributed by atoms with Crippen molar-refractivity contribution in [3.8, 4) is 0 Å². The van der Waals surface area contributed by atoms with E-state index in [9.17, 15) is 10.1 Å². The van der Waals surface area contributed by atoms with Crippen LogP contribution in [-0.2, 0) is 6.54 Å². The fourth-order valence-corrected chi connectivity index (χ4v) is 3.24. The lowest BCUT2D eigenvalue weighted by Crippen LogP contribution is -1.99. The van der Waals surface area contributed by atoms with Gasteiger partial charge in [0.2, 0.25) is 5.95 Å². The van der Waals surface area contributed by atoms with E-state index in [2.05, 4.69) is 31.2 Å². The number of hydrogen-bond donors (Lipinski definition) is 2. The highest BCUT2D eigenvalue weighted by Gasteiger charge is 2.10. The number of halogens is 1. The largest absolute Gasteiger partial charge is 0.351 e. The van der Waals surface area contributed by atoms with Gasteiger partial charge in [0.15, 0.2) is 0 Å². The Labute approximate surface area is 126 Å². The summed E-state index contributed by atoms with van der Waals surface area (Å²) in [5.41, 5.74) is 1.39. The molecule has 0 bridgehead atoms. The predicted molar refractivity (Wildman–Crippen MR) is 82.1 cm³/mol. The first-order chi connectivity index (χ1) is 9.63. The number of nitro benzene ring substituents is 1. The van der Waals surface area contributed by atoms with Crippen molar-refractivity contribution in [1.82, 2.24) is 9.97 Å². The van der Waals surface area contributed by atoms with Crippen LogP contribution in [0.3, 0.4) is 0 Å². The van der Waals surface area contributed by atoms with Crippen LogP contribution in [0.1, 0.15) is 4.88 Å². The van der Waals surface area contributed by atoms with Crippen LogP contribution < -0.4 is 5.32 Å². The SMILES string of the molecule is O=[N+]([O-])c1ccc2nc(NCc3sccc3Br)[nH]c2c1. The molecule has 0 aliphatic rings. The third kappa shape index (κ3) is 2.52. The van der Waals surface area contributed by atoms with Crippen molar-refractivity contribution < 1.29 is 4.92 Å². The van der Waals surface area contributed by atoms with E-state index in [0.29, 0.717) is 23.5 Å². The van der Waals surface area contributed by atoms with Gasteiger partial charge in [-0.25, -0.2) is 4.98 Å². The van der Waals surface area contributed by atoms with Crippen molar-refractivity contribution in [2.75, 3.05) is 5.32 Å². The molecular weight excluding hydrogens is 344 g/mol. The van der Waals surface area contributed by atoms with E-state index in [4.69, 9.17) is 0 Å². The maximum atomic E-state index is 10.7. The van der Waals surface area contributed by atoms with Crippen LogP contribution >= 0.6 is 27.3 Å². The molecule has 2 N–H and O–H groups in total. The van der Waals surface area contributed by atoms with Gasteiger partial charge in [0.05, 0.1) is 22.5 Å². The number of nitrogens with zero attached hydrogens (tertiary/aromatic N) is 2. The number of rotatable bonds is 4. The molecule has 2 aromatic heterocycles. The van der Waals surface area contributed by atoms with Crippen molar-refractivity contribution in [1.29, 1.82) is 0 Å². The van der Waals surface area contributed by atoms with Crippen LogP contribution in [0.25, 0.3) is 11.0 Å². The molecule has 20 heavy (non-hydrogen) atoms. The minimum atomic E-state index is -0.420. The average molecular weight is 353 g/mol. The highest BCUT2D eigenvalue weighted by Crippen LogP contribution is 2.24. The van der Waals surface area contributed by atoms with Crippen molar-refractivity contribution >= 4 is 49.9 Å². The van der Waals surface area contributed by atoms with Gasteiger partial charge in [0, 0.05) is 21.5 Å². The standard InChI is InChI=1S/C12H9BrN4O2S/c13-8-3-4-20-11(8)6-14-12-15-9-2-1-7(17(18)19)5-10(9)16-12/h1-5H,6H2,(H2,14,15,16). The van der Waals surface area contributed by atoms with Crippen molar-refractivity contribution in [2.45, 2.75) is 6.54 Å². The minimum absolute atomic E-state index is 0.0497. The van der Waals surface area contributed by atoms with Crippen LogP contribution in [0.2, 0.25) is 0 Å². The Balaban J connectivity index is 1.82. The second-order valence-electron chi connectivity index (χ2n) is 4.09. The van der Waals surface area contributed by atoms with Crippen molar-refractivity contribution in [2.24, 2.45) is 0 Å². The van der Waals surface area contributed by atoms with E-state index in [-0.39, 0.29) is 5.69 Å². The van der Waals surface area contributed by atoms with Gasteiger partial charge < -0.3 is 10.3 Å². The Bertz CT molecular complexity index is 783. The Kier molecular flexibility index (Phi) is 3.41. The van der Waals surface area contributed by atoms with Crippen molar-refractivity contribution in [3.05, 3.63) is 49.1 Å². The molecular formula is C12H9BrN4O2S. The monoisotopic (exact) mass is 352 g/mol. The molecule has 0 aliphatic heterocycles. The lowest BCUT2D eigenvalue weighted by atomic mass is 10.3. The smallest absolute Gasteiger partial charge is 0.271 e. The number of aromatic nitrogens is 2. The van der Waals surface area contributed by atoms with Gasteiger partial charge in [-0.1, -0.05) is 0 Å². The molecule has 0 radical (unpaired) electrons. The number of thiophene rings is 1. The molecule has 0 saturated carbocycles. The molecule has 102 valence electrons. The number of anilines is 1. The summed E-state index contributed by atoms with van der Waals surface area (Å²) in [4.78, 5) is 18.8. The molecule has 0 fully saturated rings. The number of hydrogen-bond acceptors (Lipinski definition) is 5. The molecule has 1 aromatic carbocycles. The van der Waals surface area contributed by atoms with Crippen LogP contribution in [0.15, 0.2) is 34.1 Å². The number of imidazole rings is 1. The van der Waals surface area contributed by atoms with Crippen LogP contribution in [0, 0.1) is 10.1 Å². The van der Waals surface area contributed by atoms with Crippen LogP contribution in [0.5, 0.6) is 0 Å². The van der Waals surface area contributed by atoms with Gasteiger partial charge >= 0.3 is 0 Å². The molecule has 3 rings (SSSR count). The molecule has 8 heteroatoms. The summed E-state index contributed by atoms with van der Waals surface area (Å²) >= 11 is 5.11. The lowest BCUT2D eigenvalue weighted by molar-refractivity contribution is -0.384. The van der Waals surface area contributed by atoms with E-state index in [1.165, 1.54) is 12.1 Å². The number of aromatic amines is 1. The number of nitrogens with one attached hydrogen (secondary N) is 2. The molecule has 0 aliphatic carbocycles. The summed E-state index contributed by atoms with van der Waals surface area (Å²) in [6.07, 6.45) is 0. The molecule has 2 heterocycles. The Hall–Kier alpha value is -1.93. The second-order valence-corrected chi connectivity index (χ2v) is 5.94. The number of non-ortho nitro benzene ring substituents is 1. The molecule has 0 unspecified atom stereocenters. The number of nitro groups is 1. The van der Waals surface area contributed by atoms with Gasteiger partial charge in [-0.3, -0.25) is 10.1 Å². The number of benzene rings is 1. The molecule has 0 atom stereocenters. The van der Waals surface area contributed by atoms with E-state index in [0.717, 1.165) is 9.35 Å². The maximum absolute atomic E-state index is 10.7. The topological polar surface area (TPSA) is 83.8 Å². The van der Waals surface area contributed by atoms with E-state index < -0.39 is 4.92 Å². The molecule has 0 spiro atoms. The van der Waals surface area contributed by atoms with Gasteiger partial charge in [0.1, 0.15) is 0 Å². The lowest BCUT2D eigenvalue weighted by Gasteiger charge is -2.00. The first kappa shape index (κ1) is 13.1. The Morgan fingerprint density at radius 3 is 3.00 bits per heavy atom. The van der Waals surface area contributed by atoms with E-state index in [1.807, 2.05) is 11.4 Å². The van der Waals surface area contributed by atoms with Crippen molar-refractivity contribution in [3.63, 3.8) is 0 Å². The molecule has 0 amide bonds. The normalized spacial score (nSPS) is 10.8. The van der Waals surface area contributed by atoms with Crippen LogP contribution in [0.4, 0.5) is 11.6 Å². The predicted octanol–water partition coefficient (Wildman–Crippen LogP) is 3.91.